The van der Waals surface area contributed by atoms with Gasteiger partial charge < -0.3 is 34.3 Å². The minimum absolute atomic E-state index is 0.158. The lowest BCUT2D eigenvalue weighted by molar-refractivity contribution is -0.297. The van der Waals surface area contributed by atoms with Crippen LogP contribution in [0.25, 0.3) is 0 Å². The molecule has 0 saturated carbocycles. The predicted octanol–water partition coefficient (Wildman–Crippen LogP) is 10.0. The molecule has 0 bridgehead atoms. The summed E-state index contributed by atoms with van der Waals surface area (Å²) in [5.74, 6) is -1.98. The Morgan fingerprint density at radius 3 is 1.50 bits per heavy atom. The number of esters is 2. The number of carbonyl (C=O) groups is 2. The van der Waals surface area contributed by atoms with E-state index in [0.717, 1.165) is 57.8 Å². The summed E-state index contributed by atoms with van der Waals surface area (Å²) < 4.78 is 54.1. The van der Waals surface area contributed by atoms with Crippen LogP contribution in [0.5, 0.6) is 0 Å². The van der Waals surface area contributed by atoms with Crippen LogP contribution < -0.4 is 0 Å². The topological polar surface area (TPSA) is 186 Å². The highest BCUT2D eigenvalue weighted by atomic mass is 32.2. The van der Waals surface area contributed by atoms with Gasteiger partial charge in [0.2, 0.25) is 0 Å². The van der Waals surface area contributed by atoms with E-state index in [1.807, 2.05) is 0 Å². The quantitative estimate of drug-likeness (QED) is 0.0198. The Hall–Kier alpha value is -1.87. The number of carbonyl (C=O) groups excluding carboxylic acids is 2. The number of rotatable bonds is 40. The average Bonchev–Trinajstić information content (AvgIpc) is 3.21. The van der Waals surface area contributed by atoms with Crippen molar-refractivity contribution in [3.63, 3.8) is 0 Å². The number of ether oxygens (including phenoxy) is 4. The van der Waals surface area contributed by atoms with E-state index >= 15 is 0 Å². The van der Waals surface area contributed by atoms with E-state index in [9.17, 15) is 37.9 Å². The molecule has 1 saturated heterocycles. The van der Waals surface area contributed by atoms with Crippen molar-refractivity contribution in [2.75, 3.05) is 19.0 Å². The average molecular weight is 875 g/mol. The third kappa shape index (κ3) is 31.9. The summed E-state index contributed by atoms with van der Waals surface area (Å²) in [5, 5.41) is 30.9. The van der Waals surface area contributed by atoms with E-state index < -0.39 is 71.2 Å². The van der Waals surface area contributed by atoms with Crippen molar-refractivity contribution >= 4 is 22.1 Å². The summed E-state index contributed by atoms with van der Waals surface area (Å²) in [6.45, 7) is 3.75. The molecule has 4 N–H and O–H groups in total. The van der Waals surface area contributed by atoms with E-state index in [2.05, 4.69) is 38.2 Å². The van der Waals surface area contributed by atoms with Crippen LogP contribution in [0.3, 0.4) is 0 Å². The first-order chi connectivity index (χ1) is 29.0. The van der Waals surface area contributed by atoms with Crippen LogP contribution >= 0.6 is 0 Å². The smallest absolute Gasteiger partial charge is 0.306 e. The van der Waals surface area contributed by atoms with Gasteiger partial charge >= 0.3 is 11.9 Å². The first kappa shape index (κ1) is 56.1. The Morgan fingerprint density at radius 1 is 0.567 bits per heavy atom. The van der Waals surface area contributed by atoms with Crippen molar-refractivity contribution in [1.82, 2.24) is 0 Å². The molecule has 1 aliphatic rings. The number of aliphatic hydroxyl groups is 3. The predicted molar refractivity (Wildman–Crippen MR) is 238 cm³/mol. The highest BCUT2D eigenvalue weighted by Crippen LogP contribution is 2.24. The lowest BCUT2D eigenvalue weighted by Gasteiger charge is -2.40. The van der Waals surface area contributed by atoms with Gasteiger partial charge in [0.15, 0.2) is 12.4 Å². The molecule has 60 heavy (non-hydrogen) atoms. The Morgan fingerprint density at radius 2 is 1.00 bits per heavy atom. The fourth-order valence-corrected chi connectivity index (χ4v) is 7.99. The first-order valence-electron chi connectivity index (χ1n) is 23.9. The normalized spacial score (nSPS) is 20.3. The molecular weight excluding hydrogens is 789 g/mol. The minimum Gasteiger partial charge on any atom is -0.462 e. The second-order valence-corrected chi connectivity index (χ2v) is 18.3. The maximum Gasteiger partial charge on any atom is 0.306 e. The third-order valence-corrected chi connectivity index (χ3v) is 11.8. The zero-order chi connectivity index (χ0) is 44.1. The number of allylic oxidation sites excluding steroid dienone is 4. The van der Waals surface area contributed by atoms with Gasteiger partial charge in [-0.3, -0.25) is 14.1 Å². The summed E-state index contributed by atoms with van der Waals surface area (Å²) in [4.78, 5) is 25.4. The lowest BCUT2D eigenvalue weighted by Crippen LogP contribution is -2.60. The molecular formula is C47H86O12S. The Balaban J connectivity index is 2.42. The zero-order valence-electron chi connectivity index (χ0n) is 37.6. The molecule has 6 atom stereocenters. The van der Waals surface area contributed by atoms with Crippen LogP contribution in [0.1, 0.15) is 206 Å². The standard InChI is InChI=1S/C47H86O12S/c1-3-5-7-9-11-13-15-17-19-20-22-24-26-28-30-32-34-36-43(49)58-40(38-57-47-46(52)45(51)44(50)41(59-47)39-60(53,54)55)37-56-42(48)35-33-31-29-27-25-23-21-18-16-14-12-10-8-6-4-2/h11,13,17,19,40-41,44-47,50-52H,3-10,12,14-16,18,20-39H2,1-2H3,(H,53,54,55)/b13-11+,19-17+/t40-,41-,44-,45?,46?,47+/m1/s1. The van der Waals surface area contributed by atoms with Gasteiger partial charge in [0.05, 0.1) is 6.61 Å². The van der Waals surface area contributed by atoms with Crippen LogP contribution in [0.4, 0.5) is 0 Å². The van der Waals surface area contributed by atoms with Crippen molar-refractivity contribution in [3.05, 3.63) is 24.3 Å². The molecule has 12 nitrogen and oxygen atoms in total. The summed E-state index contributed by atoms with van der Waals surface area (Å²) in [6, 6.07) is 0. The minimum atomic E-state index is -4.60. The molecule has 352 valence electrons. The van der Waals surface area contributed by atoms with Crippen molar-refractivity contribution in [3.8, 4) is 0 Å². The SMILES string of the molecule is CCCCC/C=C/C/C=C/CCCCCCCCCC(=O)O[C@H](COC(=O)CCCCCCCCCCCCCCCCC)CO[C@H]1O[C@H](CS(=O)(=O)O)[C@@H](O)C(O)C1O. The Kier molecular flexibility index (Phi) is 35.2. The van der Waals surface area contributed by atoms with Gasteiger partial charge in [-0.25, -0.2) is 0 Å². The van der Waals surface area contributed by atoms with Crippen LogP contribution in [-0.4, -0.2) is 96.0 Å². The largest absolute Gasteiger partial charge is 0.462 e. The van der Waals surface area contributed by atoms with Crippen molar-refractivity contribution in [2.45, 2.75) is 243 Å². The Labute approximate surface area is 364 Å². The number of hydrogen-bond acceptors (Lipinski definition) is 11. The summed E-state index contributed by atoms with van der Waals surface area (Å²) in [7, 11) is -4.60. The van der Waals surface area contributed by atoms with Crippen molar-refractivity contribution in [2.24, 2.45) is 0 Å². The molecule has 0 aromatic carbocycles. The molecule has 0 aliphatic carbocycles. The van der Waals surface area contributed by atoms with Gasteiger partial charge in [0.25, 0.3) is 10.1 Å². The first-order valence-corrected chi connectivity index (χ1v) is 25.5. The van der Waals surface area contributed by atoms with Crippen LogP contribution in [0.15, 0.2) is 24.3 Å². The summed E-state index contributed by atoms with van der Waals surface area (Å²) in [5.41, 5.74) is 0. The molecule has 1 aliphatic heterocycles. The maximum absolute atomic E-state index is 12.8. The van der Waals surface area contributed by atoms with Gasteiger partial charge in [-0.2, -0.15) is 8.42 Å². The second-order valence-electron chi connectivity index (χ2n) is 16.8. The number of hydrogen-bond donors (Lipinski definition) is 4. The molecule has 2 unspecified atom stereocenters. The van der Waals surface area contributed by atoms with E-state index in [0.29, 0.717) is 12.8 Å². The van der Waals surface area contributed by atoms with Crippen LogP contribution in [0.2, 0.25) is 0 Å². The van der Waals surface area contributed by atoms with Gasteiger partial charge in [0, 0.05) is 12.8 Å². The zero-order valence-corrected chi connectivity index (χ0v) is 38.4. The van der Waals surface area contributed by atoms with Crippen LogP contribution in [-0.2, 0) is 38.7 Å². The third-order valence-electron chi connectivity index (χ3n) is 11.0. The molecule has 1 rings (SSSR count). The van der Waals surface area contributed by atoms with Gasteiger partial charge in [-0.15, -0.1) is 0 Å². The van der Waals surface area contributed by atoms with Gasteiger partial charge in [-0.1, -0.05) is 173 Å². The molecule has 1 fully saturated rings. The van der Waals surface area contributed by atoms with E-state index in [1.54, 1.807) is 0 Å². The van der Waals surface area contributed by atoms with Crippen molar-refractivity contribution in [1.29, 1.82) is 0 Å². The lowest BCUT2D eigenvalue weighted by atomic mass is 10.00. The molecule has 0 radical (unpaired) electrons. The maximum atomic E-state index is 12.8. The number of aliphatic hydroxyl groups excluding tert-OH is 3. The van der Waals surface area contributed by atoms with Gasteiger partial charge in [-0.05, 0) is 44.9 Å². The van der Waals surface area contributed by atoms with E-state index in [-0.39, 0.29) is 19.4 Å². The van der Waals surface area contributed by atoms with E-state index in [4.69, 9.17) is 18.9 Å². The molecule has 0 aromatic heterocycles. The number of unbranched alkanes of at least 4 members (excludes halogenated alkanes) is 24. The molecule has 0 spiro atoms. The highest BCUT2D eigenvalue weighted by molar-refractivity contribution is 7.85. The fraction of sp³-hybridized carbons (Fsp3) is 0.872. The Bertz CT molecular complexity index is 1210. The van der Waals surface area contributed by atoms with Crippen LogP contribution in [0, 0.1) is 0 Å². The monoisotopic (exact) mass is 875 g/mol. The fourth-order valence-electron chi connectivity index (χ4n) is 7.30. The molecule has 0 aromatic rings. The van der Waals surface area contributed by atoms with Crippen molar-refractivity contribution < 1.29 is 56.8 Å². The summed E-state index contributed by atoms with van der Waals surface area (Å²) in [6.07, 6.45) is 32.1. The van der Waals surface area contributed by atoms with E-state index in [1.165, 1.54) is 109 Å². The molecule has 0 amide bonds. The summed E-state index contributed by atoms with van der Waals surface area (Å²) >= 11 is 0. The highest BCUT2D eigenvalue weighted by Gasteiger charge is 2.46. The molecule has 1 heterocycles. The second kappa shape index (κ2) is 37.7. The molecule has 13 heteroatoms. The van der Waals surface area contributed by atoms with Gasteiger partial charge in [0.1, 0.15) is 36.8 Å².